The molecule has 1 aromatic carbocycles. The topological polar surface area (TPSA) is 72.2 Å². The van der Waals surface area contributed by atoms with Crippen molar-refractivity contribution < 1.29 is 13.8 Å². The molecule has 0 aliphatic carbocycles. The van der Waals surface area contributed by atoms with E-state index in [-0.39, 0.29) is 5.82 Å². The highest BCUT2D eigenvalue weighted by Crippen LogP contribution is 2.28. The molecule has 0 atom stereocenters. The van der Waals surface area contributed by atoms with E-state index in [1.807, 2.05) is 13.8 Å². The molecule has 2 rings (SSSR count). The predicted octanol–water partition coefficient (Wildman–Crippen LogP) is 4.28. The van der Waals surface area contributed by atoms with Gasteiger partial charge in [-0.25, -0.2) is 9.02 Å². The van der Waals surface area contributed by atoms with Gasteiger partial charge in [0.25, 0.3) is 0 Å². The second-order valence-corrected chi connectivity index (χ2v) is 6.00. The zero-order valence-electron chi connectivity index (χ0n) is 13.8. The van der Waals surface area contributed by atoms with Crippen molar-refractivity contribution in [3.05, 3.63) is 39.8 Å². The summed E-state index contributed by atoms with van der Waals surface area (Å²) in [5.41, 5.74) is 3.15. The first-order valence-corrected chi connectivity index (χ1v) is 8.33. The lowest BCUT2D eigenvalue weighted by atomic mass is 10.1. The highest BCUT2D eigenvalue weighted by atomic mass is 79.9. The molecule has 0 saturated carbocycles. The van der Waals surface area contributed by atoms with Gasteiger partial charge in [0, 0.05) is 19.3 Å². The molecular weight excluding hydrogens is 379 g/mol. The Morgan fingerprint density at radius 2 is 2.17 bits per heavy atom. The van der Waals surface area contributed by atoms with Gasteiger partial charge in [0.05, 0.1) is 16.8 Å². The van der Waals surface area contributed by atoms with Crippen molar-refractivity contribution in [2.24, 2.45) is 0 Å². The zero-order chi connectivity index (χ0) is 17.5. The number of anilines is 2. The first-order valence-electron chi connectivity index (χ1n) is 7.54. The van der Waals surface area contributed by atoms with Gasteiger partial charge in [0.2, 0.25) is 5.82 Å². The summed E-state index contributed by atoms with van der Waals surface area (Å²) in [4.78, 5) is 0. The molecule has 0 spiro atoms. The van der Waals surface area contributed by atoms with Gasteiger partial charge in [-0.2, -0.15) is 0 Å². The molecule has 130 valence electrons. The zero-order valence-corrected chi connectivity index (χ0v) is 15.4. The van der Waals surface area contributed by atoms with Crippen LogP contribution in [0.25, 0.3) is 5.70 Å². The van der Waals surface area contributed by atoms with Gasteiger partial charge < -0.3 is 15.4 Å². The fourth-order valence-electron chi connectivity index (χ4n) is 2.00. The van der Waals surface area contributed by atoms with E-state index in [2.05, 4.69) is 36.9 Å². The Kier molecular flexibility index (Phi) is 6.74. The molecule has 24 heavy (non-hydrogen) atoms. The maximum Gasteiger partial charge on any atom is 0.200 e. The number of aromatic nitrogens is 2. The van der Waals surface area contributed by atoms with Gasteiger partial charge in [-0.3, -0.25) is 0 Å². The van der Waals surface area contributed by atoms with Crippen LogP contribution in [0.1, 0.15) is 26.0 Å². The standard InChI is InChI=1S/C16H20BrFN4O2/c1-4-10(2)14(20-11-5-6-13(18)12(17)9-11)15-16(22-24-21-15)19-7-8-23-3/h5-6,9,20H,4,7-8H2,1-3H3,(H,19,22)/b14-10+. The van der Waals surface area contributed by atoms with Crippen LogP contribution in [0.4, 0.5) is 15.9 Å². The van der Waals surface area contributed by atoms with E-state index >= 15 is 0 Å². The van der Waals surface area contributed by atoms with Crippen molar-refractivity contribution in [3.63, 3.8) is 0 Å². The Bertz CT molecular complexity index is 718. The molecule has 0 radical (unpaired) electrons. The SMILES string of the molecule is CC/C(C)=C(/Nc1ccc(F)c(Br)c1)c1nonc1NCCOC. The molecule has 2 aromatic rings. The minimum atomic E-state index is -0.316. The third kappa shape index (κ3) is 4.55. The summed E-state index contributed by atoms with van der Waals surface area (Å²) in [6, 6.07) is 4.72. The second kappa shape index (κ2) is 8.79. The third-order valence-electron chi connectivity index (χ3n) is 3.47. The molecule has 1 aromatic heterocycles. The number of nitrogens with one attached hydrogen (secondary N) is 2. The number of rotatable bonds is 8. The molecule has 0 aliphatic heterocycles. The summed E-state index contributed by atoms with van der Waals surface area (Å²) >= 11 is 3.19. The van der Waals surface area contributed by atoms with Gasteiger partial charge in [0.1, 0.15) is 5.82 Å². The van der Waals surface area contributed by atoms with Crippen molar-refractivity contribution in [3.8, 4) is 0 Å². The first-order chi connectivity index (χ1) is 11.6. The van der Waals surface area contributed by atoms with Crippen LogP contribution < -0.4 is 10.6 Å². The van der Waals surface area contributed by atoms with Crippen molar-refractivity contribution in [1.82, 2.24) is 10.3 Å². The summed E-state index contributed by atoms with van der Waals surface area (Å²) in [7, 11) is 1.63. The molecule has 0 unspecified atom stereocenters. The minimum Gasteiger partial charge on any atom is -0.383 e. The number of halogens is 2. The van der Waals surface area contributed by atoms with Crippen LogP contribution in [0.3, 0.4) is 0 Å². The number of hydrogen-bond acceptors (Lipinski definition) is 6. The average molecular weight is 399 g/mol. The lowest BCUT2D eigenvalue weighted by molar-refractivity contribution is 0.210. The van der Waals surface area contributed by atoms with E-state index in [0.29, 0.717) is 29.1 Å². The Hall–Kier alpha value is -1.93. The molecule has 0 aliphatic rings. The molecule has 8 heteroatoms. The van der Waals surface area contributed by atoms with E-state index in [1.54, 1.807) is 19.2 Å². The highest BCUT2D eigenvalue weighted by molar-refractivity contribution is 9.10. The molecule has 1 heterocycles. The van der Waals surface area contributed by atoms with Crippen LogP contribution in [-0.2, 0) is 4.74 Å². The Labute approximate surface area is 148 Å². The molecule has 2 N–H and O–H groups in total. The van der Waals surface area contributed by atoms with Crippen LogP contribution in [0.5, 0.6) is 0 Å². The lowest BCUT2D eigenvalue weighted by Gasteiger charge is -2.14. The Balaban J connectivity index is 2.30. The van der Waals surface area contributed by atoms with E-state index < -0.39 is 0 Å². The van der Waals surface area contributed by atoms with Crippen LogP contribution in [0.15, 0.2) is 32.9 Å². The second-order valence-electron chi connectivity index (χ2n) is 5.14. The molecule has 0 amide bonds. The van der Waals surface area contributed by atoms with Gasteiger partial charge in [-0.05, 0) is 63.4 Å². The average Bonchev–Trinajstić information content (AvgIpc) is 3.03. The van der Waals surface area contributed by atoms with Crippen molar-refractivity contribution >= 4 is 33.1 Å². The fraction of sp³-hybridized carbons (Fsp3) is 0.375. The summed E-state index contributed by atoms with van der Waals surface area (Å²) in [5.74, 6) is 0.215. The van der Waals surface area contributed by atoms with Crippen molar-refractivity contribution in [1.29, 1.82) is 0 Å². The largest absolute Gasteiger partial charge is 0.383 e. The van der Waals surface area contributed by atoms with Gasteiger partial charge in [0.15, 0.2) is 5.69 Å². The summed E-state index contributed by atoms with van der Waals surface area (Å²) in [6.45, 7) is 5.16. The van der Waals surface area contributed by atoms with E-state index in [4.69, 9.17) is 9.37 Å². The quantitative estimate of drug-likeness (QED) is 0.646. The van der Waals surface area contributed by atoms with E-state index in [0.717, 1.165) is 23.4 Å². The number of ether oxygens (including phenoxy) is 1. The van der Waals surface area contributed by atoms with Crippen molar-refractivity contribution in [2.75, 3.05) is 30.9 Å². The molecule has 6 nitrogen and oxygen atoms in total. The number of allylic oxidation sites excluding steroid dienone is 1. The third-order valence-corrected chi connectivity index (χ3v) is 4.08. The smallest absolute Gasteiger partial charge is 0.200 e. The monoisotopic (exact) mass is 398 g/mol. The van der Waals surface area contributed by atoms with Crippen LogP contribution in [0, 0.1) is 5.82 Å². The van der Waals surface area contributed by atoms with Gasteiger partial charge in [-0.1, -0.05) is 6.92 Å². The van der Waals surface area contributed by atoms with Crippen LogP contribution >= 0.6 is 15.9 Å². The van der Waals surface area contributed by atoms with Crippen molar-refractivity contribution in [2.45, 2.75) is 20.3 Å². The van der Waals surface area contributed by atoms with E-state index in [9.17, 15) is 4.39 Å². The fourth-order valence-corrected chi connectivity index (χ4v) is 2.38. The van der Waals surface area contributed by atoms with Crippen LogP contribution in [0.2, 0.25) is 0 Å². The van der Waals surface area contributed by atoms with E-state index in [1.165, 1.54) is 6.07 Å². The number of methoxy groups -OCH3 is 1. The summed E-state index contributed by atoms with van der Waals surface area (Å²) < 4.78 is 23.7. The maximum absolute atomic E-state index is 13.4. The summed E-state index contributed by atoms with van der Waals surface area (Å²) in [6.07, 6.45) is 0.815. The highest BCUT2D eigenvalue weighted by Gasteiger charge is 2.17. The molecule has 0 saturated heterocycles. The maximum atomic E-state index is 13.4. The molecule has 0 fully saturated rings. The number of hydrogen-bond donors (Lipinski definition) is 2. The Morgan fingerprint density at radius 1 is 1.38 bits per heavy atom. The molecular formula is C16H20BrFN4O2. The predicted molar refractivity (Wildman–Crippen MR) is 95.3 cm³/mol. The van der Waals surface area contributed by atoms with Gasteiger partial charge in [-0.15, -0.1) is 0 Å². The number of nitrogens with zero attached hydrogens (tertiary/aromatic N) is 2. The molecule has 0 bridgehead atoms. The van der Waals surface area contributed by atoms with Gasteiger partial charge >= 0.3 is 0 Å². The normalized spacial score (nSPS) is 12.0. The first kappa shape index (κ1) is 18.4. The Morgan fingerprint density at radius 3 is 2.83 bits per heavy atom. The summed E-state index contributed by atoms with van der Waals surface area (Å²) in [5, 5.41) is 14.3. The lowest BCUT2D eigenvalue weighted by Crippen LogP contribution is -2.11. The minimum absolute atomic E-state index is 0.316. The van der Waals surface area contributed by atoms with Crippen LogP contribution in [-0.4, -0.2) is 30.6 Å². The number of benzene rings is 1.